The maximum Gasteiger partial charge on any atom is 0.222 e. The summed E-state index contributed by atoms with van der Waals surface area (Å²) in [6.45, 7) is 5.50. The van der Waals surface area contributed by atoms with E-state index in [1.54, 1.807) is 7.11 Å². The molecular formula is C21H34N4O2. The van der Waals surface area contributed by atoms with E-state index in [2.05, 4.69) is 20.6 Å². The number of imidazole rings is 1. The second-order valence-corrected chi connectivity index (χ2v) is 8.85. The number of hydrogen-bond acceptors (Lipinski definition) is 4. The molecule has 0 aromatic carbocycles. The first-order valence-corrected chi connectivity index (χ1v) is 10.7. The van der Waals surface area contributed by atoms with Crippen molar-refractivity contribution < 1.29 is 9.53 Å². The lowest BCUT2D eigenvalue weighted by atomic mass is 9.73. The normalized spacial score (nSPS) is 27.7. The van der Waals surface area contributed by atoms with Crippen LogP contribution < -0.4 is 0 Å². The fraction of sp³-hybridized carbons (Fsp3) is 0.810. The van der Waals surface area contributed by atoms with Gasteiger partial charge in [-0.25, -0.2) is 4.98 Å². The van der Waals surface area contributed by atoms with Crippen LogP contribution in [0.25, 0.3) is 0 Å². The van der Waals surface area contributed by atoms with Gasteiger partial charge in [-0.2, -0.15) is 0 Å². The Hall–Kier alpha value is -1.40. The number of amides is 1. The Bertz CT molecular complexity index is 640. The fourth-order valence-electron chi connectivity index (χ4n) is 5.48. The molecule has 150 valence electrons. The molecule has 6 heteroatoms. The minimum atomic E-state index is 0.262. The lowest BCUT2D eigenvalue weighted by Crippen LogP contribution is -2.54. The molecule has 6 nitrogen and oxygen atoms in total. The molecule has 0 bridgehead atoms. The SMILES string of the molecule is COCCN1C[C@]2(CCCN(Cc3cncn3C3CCCC3)C2)CCC1=O. The molecule has 4 rings (SSSR count). The van der Waals surface area contributed by atoms with Crippen molar-refractivity contribution in [1.29, 1.82) is 0 Å². The number of rotatable bonds is 6. The van der Waals surface area contributed by atoms with Gasteiger partial charge in [-0.15, -0.1) is 0 Å². The van der Waals surface area contributed by atoms with Gasteiger partial charge in [0, 0.05) is 57.4 Å². The number of likely N-dealkylation sites (tertiary alicyclic amines) is 2. The van der Waals surface area contributed by atoms with E-state index < -0.39 is 0 Å². The molecule has 1 amide bonds. The van der Waals surface area contributed by atoms with Crippen LogP contribution in [0.15, 0.2) is 12.5 Å². The highest BCUT2D eigenvalue weighted by atomic mass is 16.5. The molecule has 27 heavy (non-hydrogen) atoms. The van der Waals surface area contributed by atoms with Crippen LogP contribution in [0.2, 0.25) is 0 Å². The third kappa shape index (κ3) is 4.21. The molecule has 2 aliphatic heterocycles. The molecule has 1 aromatic rings. The standard InChI is InChI=1S/C21H34N4O2/c1-27-12-11-24-16-21(9-7-20(24)26)8-4-10-23(15-21)14-19-13-22-17-25(19)18-5-2-3-6-18/h13,17-18H,2-12,14-16H2,1H3/t21-/m1/s1. The van der Waals surface area contributed by atoms with Crippen LogP contribution in [0.3, 0.4) is 0 Å². The Labute approximate surface area is 162 Å². The molecule has 1 spiro atoms. The molecule has 1 aliphatic carbocycles. The van der Waals surface area contributed by atoms with Gasteiger partial charge in [0.05, 0.1) is 18.6 Å². The molecule has 3 heterocycles. The third-order valence-corrected chi connectivity index (χ3v) is 6.90. The van der Waals surface area contributed by atoms with Crippen LogP contribution in [-0.4, -0.2) is 65.2 Å². The summed E-state index contributed by atoms with van der Waals surface area (Å²) in [5.41, 5.74) is 1.63. The number of carbonyl (C=O) groups excluding carboxylic acids is 1. The smallest absolute Gasteiger partial charge is 0.222 e. The summed E-state index contributed by atoms with van der Waals surface area (Å²) in [6.07, 6.45) is 13.6. The van der Waals surface area contributed by atoms with Crippen molar-refractivity contribution >= 4 is 5.91 Å². The number of carbonyl (C=O) groups is 1. The first kappa shape index (κ1) is 18.9. The van der Waals surface area contributed by atoms with E-state index in [-0.39, 0.29) is 5.41 Å². The zero-order valence-electron chi connectivity index (χ0n) is 16.7. The van der Waals surface area contributed by atoms with E-state index in [4.69, 9.17) is 4.74 Å². The average Bonchev–Trinajstić information content (AvgIpc) is 3.34. The predicted octanol–water partition coefficient (Wildman–Crippen LogP) is 2.85. The minimum Gasteiger partial charge on any atom is -0.383 e. The monoisotopic (exact) mass is 374 g/mol. The van der Waals surface area contributed by atoms with Gasteiger partial charge in [-0.05, 0) is 38.6 Å². The second-order valence-electron chi connectivity index (χ2n) is 8.85. The summed E-state index contributed by atoms with van der Waals surface area (Å²) in [6, 6.07) is 0.651. The summed E-state index contributed by atoms with van der Waals surface area (Å²) in [4.78, 5) is 21.4. The summed E-state index contributed by atoms with van der Waals surface area (Å²) < 4.78 is 7.64. The van der Waals surface area contributed by atoms with Gasteiger partial charge in [0.2, 0.25) is 5.91 Å². The van der Waals surface area contributed by atoms with Crippen molar-refractivity contribution in [2.75, 3.05) is 39.9 Å². The third-order valence-electron chi connectivity index (χ3n) is 6.90. The van der Waals surface area contributed by atoms with E-state index in [0.717, 1.165) is 39.1 Å². The van der Waals surface area contributed by atoms with Crippen molar-refractivity contribution in [1.82, 2.24) is 19.4 Å². The van der Waals surface area contributed by atoms with E-state index >= 15 is 0 Å². The molecule has 3 fully saturated rings. The Balaban J connectivity index is 1.41. The Morgan fingerprint density at radius 2 is 2.07 bits per heavy atom. The quantitative estimate of drug-likeness (QED) is 0.768. The summed E-state index contributed by atoms with van der Waals surface area (Å²) in [5.74, 6) is 0.300. The number of nitrogens with zero attached hydrogens (tertiary/aromatic N) is 4. The van der Waals surface area contributed by atoms with Crippen molar-refractivity contribution in [3.8, 4) is 0 Å². The number of piperidine rings is 2. The average molecular weight is 375 g/mol. The molecule has 0 radical (unpaired) electrons. The van der Waals surface area contributed by atoms with E-state index in [0.29, 0.717) is 25.0 Å². The topological polar surface area (TPSA) is 50.6 Å². The maximum atomic E-state index is 12.3. The van der Waals surface area contributed by atoms with Gasteiger partial charge in [-0.3, -0.25) is 9.69 Å². The number of methoxy groups -OCH3 is 1. The largest absolute Gasteiger partial charge is 0.383 e. The van der Waals surface area contributed by atoms with Gasteiger partial charge >= 0.3 is 0 Å². The molecule has 3 aliphatic rings. The van der Waals surface area contributed by atoms with Crippen LogP contribution in [0.5, 0.6) is 0 Å². The van der Waals surface area contributed by atoms with Crippen molar-refractivity contribution in [3.63, 3.8) is 0 Å². The van der Waals surface area contributed by atoms with Gasteiger partial charge in [0.15, 0.2) is 0 Å². The molecule has 0 N–H and O–H groups in total. The summed E-state index contributed by atoms with van der Waals surface area (Å²) >= 11 is 0. The summed E-state index contributed by atoms with van der Waals surface area (Å²) in [5, 5.41) is 0. The van der Waals surface area contributed by atoms with Gasteiger partial charge in [0.25, 0.3) is 0 Å². The van der Waals surface area contributed by atoms with Crippen LogP contribution in [0.4, 0.5) is 0 Å². The van der Waals surface area contributed by atoms with Crippen LogP contribution >= 0.6 is 0 Å². The van der Waals surface area contributed by atoms with Gasteiger partial charge in [-0.1, -0.05) is 12.8 Å². The molecule has 1 saturated carbocycles. The first-order chi connectivity index (χ1) is 13.2. The zero-order chi connectivity index (χ0) is 18.7. The Morgan fingerprint density at radius 1 is 1.22 bits per heavy atom. The van der Waals surface area contributed by atoms with Crippen molar-refractivity contribution in [2.45, 2.75) is 64.0 Å². The van der Waals surface area contributed by atoms with Crippen LogP contribution in [-0.2, 0) is 16.1 Å². The summed E-state index contributed by atoms with van der Waals surface area (Å²) in [7, 11) is 1.71. The van der Waals surface area contributed by atoms with Crippen LogP contribution in [0, 0.1) is 5.41 Å². The van der Waals surface area contributed by atoms with Gasteiger partial charge < -0.3 is 14.2 Å². The predicted molar refractivity (Wildman–Crippen MR) is 104 cm³/mol. The molecule has 1 atom stereocenters. The first-order valence-electron chi connectivity index (χ1n) is 10.7. The Kier molecular flexibility index (Phi) is 5.83. The van der Waals surface area contributed by atoms with E-state index in [9.17, 15) is 4.79 Å². The molecular weight excluding hydrogens is 340 g/mol. The highest BCUT2D eigenvalue weighted by Gasteiger charge is 2.41. The number of hydrogen-bond donors (Lipinski definition) is 0. The van der Waals surface area contributed by atoms with Crippen LogP contribution in [0.1, 0.15) is 63.1 Å². The zero-order valence-corrected chi connectivity index (χ0v) is 16.7. The minimum absolute atomic E-state index is 0.262. The van der Waals surface area contributed by atoms with Gasteiger partial charge in [0.1, 0.15) is 0 Å². The lowest BCUT2D eigenvalue weighted by molar-refractivity contribution is -0.140. The Morgan fingerprint density at radius 3 is 2.89 bits per heavy atom. The highest BCUT2D eigenvalue weighted by molar-refractivity contribution is 5.77. The number of aromatic nitrogens is 2. The maximum absolute atomic E-state index is 12.3. The van der Waals surface area contributed by atoms with E-state index in [1.165, 1.54) is 44.2 Å². The lowest BCUT2D eigenvalue weighted by Gasteiger charge is -2.48. The fourth-order valence-corrected chi connectivity index (χ4v) is 5.48. The van der Waals surface area contributed by atoms with Crippen molar-refractivity contribution in [3.05, 3.63) is 18.2 Å². The molecule has 2 saturated heterocycles. The second kappa shape index (κ2) is 8.31. The van der Waals surface area contributed by atoms with E-state index in [1.807, 2.05) is 11.2 Å². The van der Waals surface area contributed by atoms with Crippen molar-refractivity contribution in [2.24, 2.45) is 5.41 Å². The highest BCUT2D eigenvalue weighted by Crippen LogP contribution is 2.39. The molecule has 1 aromatic heterocycles. The number of ether oxygens (including phenoxy) is 1. The molecule has 0 unspecified atom stereocenters.